The van der Waals surface area contributed by atoms with Gasteiger partial charge in [0.05, 0.1) is 11.8 Å². The van der Waals surface area contributed by atoms with Gasteiger partial charge in [-0.25, -0.2) is 0 Å². The van der Waals surface area contributed by atoms with Crippen LogP contribution in [0.25, 0.3) is 0 Å². The third kappa shape index (κ3) is 3.98. The summed E-state index contributed by atoms with van der Waals surface area (Å²) in [7, 11) is 0. The lowest BCUT2D eigenvalue weighted by atomic mass is 10.2. The highest BCUT2D eigenvalue weighted by atomic mass is 35.5. The Morgan fingerprint density at radius 2 is 1.88 bits per heavy atom. The lowest BCUT2D eigenvalue weighted by molar-refractivity contribution is -0.137. The van der Waals surface area contributed by atoms with Gasteiger partial charge in [-0.15, -0.1) is 0 Å². The number of nitrogens with zero attached hydrogens (tertiary/aromatic N) is 1. The number of hydrogen-bond donors (Lipinski definition) is 2. The van der Waals surface area contributed by atoms with Gasteiger partial charge in [-0.2, -0.15) is 17.7 Å². The van der Waals surface area contributed by atoms with E-state index < -0.39 is 28.8 Å². The van der Waals surface area contributed by atoms with E-state index in [4.69, 9.17) is 11.6 Å². The molecule has 0 aliphatic carbocycles. The van der Waals surface area contributed by atoms with Crippen LogP contribution in [0.5, 0.6) is 0 Å². The van der Waals surface area contributed by atoms with Gasteiger partial charge in [-0.3, -0.25) is 9.69 Å². The van der Waals surface area contributed by atoms with Crippen LogP contribution in [0.3, 0.4) is 0 Å². The third-order valence-electron chi connectivity index (χ3n) is 3.66. The number of halogens is 4. The Balaban J connectivity index is 1.79. The van der Waals surface area contributed by atoms with Crippen molar-refractivity contribution in [3.05, 3.63) is 70.2 Å². The number of rotatable bonds is 3. The zero-order valence-corrected chi connectivity index (χ0v) is 14.7. The second kappa shape index (κ2) is 7.22. The Morgan fingerprint density at radius 3 is 2.54 bits per heavy atom. The zero-order chi connectivity index (χ0) is 18.9. The normalized spacial score (nSPS) is 19.3. The minimum Gasteiger partial charge on any atom is -0.357 e. The summed E-state index contributed by atoms with van der Waals surface area (Å²) in [5, 5.41) is 3.18. The molecule has 0 spiro atoms. The Morgan fingerprint density at radius 1 is 1.19 bits per heavy atom. The molecule has 1 amide bonds. The molecule has 1 aliphatic heterocycles. The quantitative estimate of drug-likeness (QED) is 0.578. The number of hydrogen-bond acceptors (Lipinski definition) is 3. The summed E-state index contributed by atoms with van der Waals surface area (Å²) in [5.74, 6) is -0.339. The summed E-state index contributed by atoms with van der Waals surface area (Å²) in [6, 6.07) is 11.2. The monoisotopic (exact) mass is 401 g/mol. The second-order valence-electron chi connectivity index (χ2n) is 5.43. The first-order chi connectivity index (χ1) is 12.3. The molecular weight excluding hydrogens is 389 g/mol. The van der Waals surface area contributed by atoms with Crippen molar-refractivity contribution in [3.63, 3.8) is 0 Å². The van der Waals surface area contributed by atoms with E-state index in [-0.39, 0.29) is 16.5 Å². The predicted molar refractivity (Wildman–Crippen MR) is 96.9 cm³/mol. The lowest BCUT2D eigenvalue weighted by Gasteiger charge is -2.10. The Bertz CT molecular complexity index is 856. The van der Waals surface area contributed by atoms with Gasteiger partial charge in [0.25, 0.3) is 4.91 Å². The van der Waals surface area contributed by atoms with Crippen LogP contribution in [0.4, 0.5) is 24.5 Å². The Kier molecular flexibility index (Phi) is 5.17. The lowest BCUT2D eigenvalue weighted by Crippen LogP contribution is -2.24. The summed E-state index contributed by atoms with van der Waals surface area (Å²) < 4.78 is 48.4. The molecule has 2 N–H and O–H groups in total. The van der Waals surface area contributed by atoms with Crippen molar-refractivity contribution in [1.82, 2.24) is 0 Å². The van der Waals surface area contributed by atoms with Crippen LogP contribution >= 0.6 is 11.6 Å². The highest BCUT2D eigenvalue weighted by Gasteiger charge is 2.45. The van der Waals surface area contributed by atoms with Crippen LogP contribution in [0, 0.1) is 0 Å². The summed E-state index contributed by atoms with van der Waals surface area (Å²) in [5.41, 5.74) is -0.0556. The molecule has 1 atom stereocenters. The van der Waals surface area contributed by atoms with Gasteiger partial charge in [-0.05, 0) is 42.5 Å². The van der Waals surface area contributed by atoms with Gasteiger partial charge in [0.15, 0.2) is 0 Å². The predicted octanol–water partition coefficient (Wildman–Crippen LogP) is 4.71. The van der Waals surface area contributed by atoms with E-state index in [0.717, 1.165) is 12.1 Å². The van der Waals surface area contributed by atoms with Gasteiger partial charge in [0, 0.05) is 16.4 Å². The van der Waals surface area contributed by atoms with Crippen molar-refractivity contribution in [2.75, 3.05) is 16.1 Å². The SMILES string of the molecule is O=C1/C(=C\Nc2cccc(C(F)(F)F)c2)[S+](O)CN1c1ccc(Cl)cc1. The average Bonchev–Trinajstić information content (AvgIpc) is 2.87. The highest BCUT2D eigenvalue weighted by molar-refractivity contribution is 7.97. The number of anilines is 2. The molecule has 26 heavy (non-hydrogen) atoms. The maximum atomic E-state index is 12.7. The van der Waals surface area contributed by atoms with Gasteiger partial charge in [0.1, 0.15) is 0 Å². The van der Waals surface area contributed by atoms with Crippen LogP contribution in [0.2, 0.25) is 5.02 Å². The second-order valence-corrected chi connectivity index (χ2v) is 7.30. The van der Waals surface area contributed by atoms with E-state index in [1.54, 1.807) is 24.3 Å². The van der Waals surface area contributed by atoms with Gasteiger partial charge in [-0.1, -0.05) is 17.7 Å². The molecule has 1 heterocycles. The van der Waals surface area contributed by atoms with Crippen LogP contribution in [0.15, 0.2) is 59.6 Å². The van der Waals surface area contributed by atoms with E-state index in [9.17, 15) is 22.5 Å². The molecule has 2 aromatic carbocycles. The summed E-state index contributed by atoms with van der Waals surface area (Å²) in [6.45, 7) is 0. The fraction of sp³-hybridized carbons (Fsp3) is 0.118. The van der Waals surface area contributed by atoms with Crippen LogP contribution in [-0.2, 0) is 22.1 Å². The molecule has 1 unspecified atom stereocenters. The number of nitrogens with one attached hydrogen (secondary N) is 1. The smallest absolute Gasteiger partial charge is 0.357 e. The molecule has 136 valence electrons. The van der Waals surface area contributed by atoms with Crippen LogP contribution < -0.4 is 10.2 Å². The molecular formula is C17H13ClF3N2O2S+. The fourth-order valence-electron chi connectivity index (χ4n) is 2.36. The maximum absolute atomic E-state index is 12.7. The van der Waals surface area contributed by atoms with Crippen LogP contribution in [0.1, 0.15) is 5.56 Å². The topological polar surface area (TPSA) is 52.6 Å². The number of carbonyl (C=O) groups excluding carboxylic acids is 1. The molecule has 0 saturated carbocycles. The molecule has 1 fully saturated rings. The molecule has 1 saturated heterocycles. The molecule has 2 aromatic rings. The minimum absolute atomic E-state index is 0.0799. The maximum Gasteiger partial charge on any atom is 0.416 e. The summed E-state index contributed by atoms with van der Waals surface area (Å²) in [6.07, 6.45) is -3.21. The first kappa shape index (κ1) is 18.6. The molecule has 0 radical (unpaired) electrons. The molecule has 9 heteroatoms. The van der Waals surface area contributed by atoms with E-state index in [1.807, 2.05) is 0 Å². The highest BCUT2D eigenvalue weighted by Crippen LogP contribution is 2.31. The van der Waals surface area contributed by atoms with Gasteiger partial charge < -0.3 is 5.32 Å². The van der Waals surface area contributed by atoms with E-state index in [2.05, 4.69) is 5.32 Å². The molecule has 0 aromatic heterocycles. The summed E-state index contributed by atoms with van der Waals surface area (Å²) in [4.78, 5) is 14.0. The van der Waals surface area contributed by atoms with Crippen LogP contribution in [-0.4, -0.2) is 16.3 Å². The minimum atomic E-state index is -4.46. The van der Waals surface area contributed by atoms with Gasteiger partial charge in [0.2, 0.25) is 17.1 Å². The fourth-order valence-corrected chi connectivity index (χ4v) is 3.64. The molecule has 1 aliphatic rings. The Labute approximate surface area is 155 Å². The molecule has 3 rings (SSSR count). The number of alkyl halides is 3. The van der Waals surface area contributed by atoms with E-state index >= 15 is 0 Å². The first-order valence-electron chi connectivity index (χ1n) is 7.37. The van der Waals surface area contributed by atoms with Crippen molar-refractivity contribution < 1.29 is 22.5 Å². The number of amides is 1. The van der Waals surface area contributed by atoms with Crippen molar-refractivity contribution in [3.8, 4) is 0 Å². The third-order valence-corrected chi connectivity index (χ3v) is 5.21. The molecule has 0 bridgehead atoms. The Hall–Kier alpha value is -2.16. The number of carbonyl (C=O) groups is 1. The first-order valence-corrected chi connectivity index (χ1v) is 9.10. The average molecular weight is 402 g/mol. The zero-order valence-electron chi connectivity index (χ0n) is 13.1. The van der Waals surface area contributed by atoms with E-state index in [0.29, 0.717) is 10.7 Å². The van der Waals surface area contributed by atoms with Crippen molar-refractivity contribution in [2.24, 2.45) is 0 Å². The van der Waals surface area contributed by atoms with E-state index in [1.165, 1.54) is 23.2 Å². The van der Waals surface area contributed by atoms with Crippen molar-refractivity contribution in [2.45, 2.75) is 6.18 Å². The largest absolute Gasteiger partial charge is 0.416 e. The molecule has 4 nitrogen and oxygen atoms in total. The van der Waals surface area contributed by atoms with Crippen molar-refractivity contribution in [1.29, 1.82) is 0 Å². The standard InChI is InChI=1S/C17H12ClF3N2O2S/c18-12-4-6-14(7-5-12)23-10-26(25)15(16(23)24)9-22-13-3-1-2-11(8-13)17(19,20)21/h1-9,25H,10H2/p+1. The van der Waals surface area contributed by atoms with Crippen molar-refractivity contribution >= 4 is 40.1 Å². The van der Waals surface area contributed by atoms with Gasteiger partial charge >= 0.3 is 12.1 Å². The number of benzene rings is 2. The summed E-state index contributed by atoms with van der Waals surface area (Å²) >= 11 is 4.47.